The van der Waals surface area contributed by atoms with Gasteiger partial charge in [-0.3, -0.25) is 5.10 Å². The number of H-pyrrole nitrogens is 1. The van der Waals surface area contributed by atoms with Gasteiger partial charge in [0, 0.05) is 22.3 Å². The highest BCUT2D eigenvalue weighted by Gasteiger charge is 2.07. The largest absolute Gasteiger partial charge is 0.317 e. The Morgan fingerprint density at radius 2 is 1.86 bits per heavy atom. The van der Waals surface area contributed by atoms with Gasteiger partial charge in [0.1, 0.15) is 0 Å². The van der Waals surface area contributed by atoms with Crippen molar-refractivity contribution >= 4 is 22.5 Å². The second kappa shape index (κ2) is 4.79. The van der Waals surface area contributed by atoms with Crippen molar-refractivity contribution in [3.05, 3.63) is 72.0 Å². The van der Waals surface area contributed by atoms with E-state index in [1.807, 2.05) is 36.5 Å². The molecule has 0 atom stereocenters. The number of fused-ring (bicyclic) bond motifs is 1. The molecule has 4 aromatic rings. The van der Waals surface area contributed by atoms with Crippen LogP contribution < -0.4 is 0 Å². The summed E-state index contributed by atoms with van der Waals surface area (Å²) >= 11 is 5.96. The Balaban J connectivity index is 1.85. The Labute approximate surface area is 126 Å². The predicted octanol–water partition coefficient (Wildman–Crippen LogP) is 4.67. The number of rotatable bonds is 2. The summed E-state index contributed by atoms with van der Waals surface area (Å²) in [5, 5.41) is 8.93. The maximum absolute atomic E-state index is 5.96. The maximum Gasteiger partial charge on any atom is 0.0671 e. The Kier molecular flexibility index (Phi) is 2.79. The number of halogens is 1. The third-order valence-corrected chi connectivity index (χ3v) is 3.84. The van der Waals surface area contributed by atoms with Gasteiger partial charge in [0.05, 0.1) is 17.4 Å². The van der Waals surface area contributed by atoms with Gasteiger partial charge in [-0.2, -0.15) is 5.10 Å². The summed E-state index contributed by atoms with van der Waals surface area (Å²) in [6, 6.07) is 18.3. The van der Waals surface area contributed by atoms with E-state index in [9.17, 15) is 0 Å². The van der Waals surface area contributed by atoms with Crippen molar-refractivity contribution in [3.63, 3.8) is 0 Å². The summed E-state index contributed by atoms with van der Waals surface area (Å²) in [6.07, 6.45) is 3.89. The first-order valence-corrected chi connectivity index (χ1v) is 7.06. The third-order valence-electron chi connectivity index (χ3n) is 3.59. The van der Waals surface area contributed by atoms with Crippen LogP contribution in [0.4, 0.5) is 0 Å². The number of benzene rings is 2. The quantitative estimate of drug-likeness (QED) is 0.572. The van der Waals surface area contributed by atoms with Crippen LogP contribution >= 0.6 is 11.6 Å². The lowest BCUT2D eigenvalue weighted by molar-refractivity contribution is 1.08. The van der Waals surface area contributed by atoms with E-state index in [0.29, 0.717) is 0 Å². The molecular formula is C17H12ClN3. The van der Waals surface area contributed by atoms with Crippen LogP contribution in [0.1, 0.15) is 0 Å². The Morgan fingerprint density at radius 3 is 2.71 bits per heavy atom. The van der Waals surface area contributed by atoms with Gasteiger partial charge >= 0.3 is 0 Å². The first kappa shape index (κ1) is 12.2. The van der Waals surface area contributed by atoms with Crippen molar-refractivity contribution < 1.29 is 0 Å². The van der Waals surface area contributed by atoms with Gasteiger partial charge in [0.25, 0.3) is 0 Å². The van der Waals surface area contributed by atoms with Gasteiger partial charge in [0.15, 0.2) is 0 Å². The second-order valence-electron chi connectivity index (χ2n) is 4.91. The fourth-order valence-electron chi connectivity index (χ4n) is 2.54. The standard InChI is InChI=1S/C17H12ClN3/c18-14-6-3-12(4-7-14)17-2-1-9-21(17)15-8-5-13-11-19-20-16(13)10-15/h1-11H,(H,19,20). The molecule has 102 valence electrons. The highest BCUT2D eigenvalue weighted by atomic mass is 35.5. The minimum atomic E-state index is 0.746. The molecule has 3 nitrogen and oxygen atoms in total. The Hall–Kier alpha value is -2.52. The molecule has 0 unspecified atom stereocenters. The average molecular weight is 294 g/mol. The zero-order chi connectivity index (χ0) is 14.2. The normalized spacial score (nSPS) is 11.1. The van der Waals surface area contributed by atoms with Crippen molar-refractivity contribution in [1.82, 2.24) is 14.8 Å². The number of nitrogens with one attached hydrogen (secondary N) is 1. The van der Waals surface area contributed by atoms with Crippen LogP contribution in [-0.2, 0) is 0 Å². The Bertz CT molecular complexity index is 903. The zero-order valence-electron chi connectivity index (χ0n) is 11.1. The molecule has 4 heteroatoms. The van der Waals surface area contributed by atoms with E-state index >= 15 is 0 Å². The molecule has 2 heterocycles. The molecule has 2 aromatic carbocycles. The van der Waals surface area contributed by atoms with E-state index < -0.39 is 0 Å². The molecule has 0 aliphatic heterocycles. The Morgan fingerprint density at radius 1 is 1.00 bits per heavy atom. The molecule has 0 saturated carbocycles. The minimum Gasteiger partial charge on any atom is -0.317 e. The topological polar surface area (TPSA) is 33.6 Å². The van der Waals surface area contributed by atoms with E-state index in [1.165, 1.54) is 0 Å². The molecular weight excluding hydrogens is 282 g/mol. The molecule has 4 rings (SSSR count). The SMILES string of the molecule is Clc1ccc(-c2cccn2-c2ccc3cn[nH]c3c2)cc1. The summed E-state index contributed by atoms with van der Waals surface area (Å²) in [5.74, 6) is 0. The molecule has 0 saturated heterocycles. The maximum atomic E-state index is 5.96. The van der Waals surface area contributed by atoms with E-state index in [2.05, 4.69) is 45.2 Å². The molecule has 1 N–H and O–H groups in total. The molecule has 2 aromatic heterocycles. The van der Waals surface area contributed by atoms with Gasteiger partial charge in [0.2, 0.25) is 0 Å². The molecule has 0 aliphatic carbocycles. The van der Waals surface area contributed by atoms with Gasteiger partial charge in [-0.15, -0.1) is 0 Å². The lowest BCUT2D eigenvalue weighted by atomic mass is 10.1. The summed E-state index contributed by atoms with van der Waals surface area (Å²) in [7, 11) is 0. The summed E-state index contributed by atoms with van der Waals surface area (Å²) in [5.41, 5.74) is 4.39. The van der Waals surface area contributed by atoms with Crippen molar-refractivity contribution in [1.29, 1.82) is 0 Å². The van der Waals surface area contributed by atoms with Gasteiger partial charge in [-0.05, 0) is 48.0 Å². The number of nitrogens with zero attached hydrogens (tertiary/aromatic N) is 2. The van der Waals surface area contributed by atoms with E-state index in [0.717, 1.165) is 32.9 Å². The fraction of sp³-hybridized carbons (Fsp3) is 0. The van der Waals surface area contributed by atoms with Crippen molar-refractivity contribution in [2.24, 2.45) is 0 Å². The molecule has 0 radical (unpaired) electrons. The predicted molar refractivity (Wildman–Crippen MR) is 85.9 cm³/mol. The van der Waals surface area contributed by atoms with Crippen LogP contribution in [0.3, 0.4) is 0 Å². The first-order valence-electron chi connectivity index (χ1n) is 6.68. The third kappa shape index (κ3) is 2.12. The first-order chi connectivity index (χ1) is 10.3. The van der Waals surface area contributed by atoms with Crippen molar-refractivity contribution in [2.75, 3.05) is 0 Å². The number of aromatic nitrogens is 3. The van der Waals surface area contributed by atoms with Crippen molar-refractivity contribution in [2.45, 2.75) is 0 Å². The minimum absolute atomic E-state index is 0.746. The average Bonchev–Trinajstić information content (AvgIpc) is 3.16. The molecule has 0 amide bonds. The molecule has 0 aliphatic rings. The monoisotopic (exact) mass is 293 g/mol. The molecule has 0 fully saturated rings. The van der Waals surface area contributed by atoms with Gasteiger partial charge in [-0.1, -0.05) is 23.7 Å². The smallest absolute Gasteiger partial charge is 0.0671 e. The lowest BCUT2D eigenvalue weighted by Gasteiger charge is -2.10. The van der Waals surface area contributed by atoms with E-state index in [-0.39, 0.29) is 0 Å². The highest BCUT2D eigenvalue weighted by molar-refractivity contribution is 6.30. The highest BCUT2D eigenvalue weighted by Crippen LogP contribution is 2.26. The lowest BCUT2D eigenvalue weighted by Crippen LogP contribution is -1.94. The molecule has 0 bridgehead atoms. The van der Waals surface area contributed by atoms with E-state index in [4.69, 9.17) is 11.6 Å². The van der Waals surface area contributed by atoms with Gasteiger partial charge < -0.3 is 4.57 Å². The van der Waals surface area contributed by atoms with Crippen LogP contribution in [-0.4, -0.2) is 14.8 Å². The van der Waals surface area contributed by atoms with E-state index in [1.54, 1.807) is 0 Å². The second-order valence-corrected chi connectivity index (χ2v) is 5.35. The van der Waals surface area contributed by atoms with Crippen LogP contribution in [0.5, 0.6) is 0 Å². The summed E-state index contributed by atoms with van der Waals surface area (Å²) in [4.78, 5) is 0. The van der Waals surface area contributed by atoms with Crippen LogP contribution in [0.15, 0.2) is 67.0 Å². The zero-order valence-corrected chi connectivity index (χ0v) is 11.9. The summed E-state index contributed by atoms with van der Waals surface area (Å²) in [6.45, 7) is 0. The van der Waals surface area contributed by atoms with Crippen molar-refractivity contribution in [3.8, 4) is 16.9 Å². The molecule has 21 heavy (non-hydrogen) atoms. The van der Waals surface area contributed by atoms with Crippen LogP contribution in [0, 0.1) is 0 Å². The fourth-order valence-corrected chi connectivity index (χ4v) is 2.66. The van der Waals surface area contributed by atoms with Crippen LogP contribution in [0.25, 0.3) is 27.8 Å². The van der Waals surface area contributed by atoms with Gasteiger partial charge in [-0.25, -0.2) is 0 Å². The number of hydrogen-bond donors (Lipinski definition) is 1. The molecule has 0 spiro atoms. The number of aromatic amines is 1. The summed E-state index contributed by atoms with van der Waals surface area (Å²) < 4.78 is 2.16. The number of hydrogen-bond acceptors (Lipinski definition) is 1. The van der Waals surface area contributed by atoms with Crippen LogP contribution in [0.2, 0.25) is 5.02 Å².